The molecule has 2 heterocycles. The number of carbonyl (C=O) groups is 1. The minimum atomic E-state index is -0.461. The molecule has 4 rings (SSSR count). The average Bonchev–Trinajstić information content (AvgIpc) is 3.32. The molecule has 7 heteroatoms. The van der Waals surface area contributed by atoms with Crippen LogP contribution in [0.5, 0.6) is 0 Å². The van der Waals surface area contributed by atoms with Crippen LogP contribution < -0.4 is 10.6 Å². The Morgan fingerprint density at radius 1 is 1.21 bits per heavy atom. The molecule has 2 aliphatic rings. The molecule has 0 saturated heterocycles. The number of aliphatic imine (C=N–C) groups is 1. The van der Waals surface area contributed by atoms with E-state index in [4.69, 9.17) is 10.5 Å². The highest BCUT2D eigenvalue weighted by molar-refractivity contribution is 7.12. The zero-order valence-corrected chi connectivity index (χ0v) is 21.0. The van der Waals surface area contributed by atoms with Crippen molar-refractivity contribution in [2.45, 2.75) is 77.0 Å². The Balaban J connectivity index is 1.41. The summed E-state index contributed by atoms with van der Waals surface area (Å²) >= 11 is 1.61. The van der Waals surface area contributed by atoms with Gasteiger partial charge in [0.15, 0.2) is 0 Å². The van der Waals surface area contributed by atoms with E-state index in [1.807, 2.05) is 45.3 Å². The highest BCUT2D eigenvalue weighted by atomic mass is 32.1. The Labute approximate surface area is 201 Å². The van der Waals surface area contributed by atoms with Crippen molar-refractivity contribution in [3.63, 3.8) is 0 Å². The molecule has 0 bridgehead atoms. The van der Waals surface area contributed by atoms with Crippen LogP contribution in [0.4, 0.5) is 16.2 Å². The molecule has 1 aromatic carbocycles. The van der Waals surface area contributed by atoms with Gasteiger partial charge in [-0.3, -0.25) is 0 Å². The minimum Gasteiger partial charge on any atom is -0.444 e. The lowest BCUT2D eigenvalue weighted by atomic mass is 9.87. The zero-order chi connectivity index (χ0) is 23.6. The Hall–Kier alpha value is -2.54. The summed E-state index contributed by atoms with van der Waals surface area (Å²) in [6.07, 6.45) is 6.19. The van der Waals surface area contributed by atoms with Crippen LogP contribution in [0.15, 0.2) is 40.7 Å². The third-order valence-corrected chi connectivity index (χ3v) is 7.47. The SMILES string of the molecule is CN(C(=O)OC(C)(C)C)C1CCC(N2CCCc3cc(N=C(N)c4cccs4)ccc32)CC1. The molecule has 1 aromatic heterocycles. The first-order chi connectivity index (χ1) is 15.7. The Bertz CT molecular complexity index is 988. The van der Waals surface area contributed by atoms with Crippen LogP contribution in [0.2, 0.25) is 0 Å². The summed E-state index contributed by atoms with van der Waals surface area (Å²) in [6.45, 7) is 6.83. The van der Waals surface area contributed by atoms with Gasteiger partial charge in [0.05, 0.1) is 10.6 Å². The second kappa shape index (κ2) is 9.75. The number of amidine groups is 1. The maximum Gasteiger partial charge on any atom is 0.410 e. The number of fused-ring (bicyclic) bond motifs is 1. The van der Waals surface area contributed by atoms with Crippen molar-refractivity contribution in [3.8, 4) is 0 Å². The number of thiophene rings is 1. The van der Waals surface area contributed by atoms with Crippen molar-refractivity contribution in [2.75, 3.05) is 18.5 Å². The highest BCUT2D eigenvalue weighted by Crippen LogP contribution is 2.36. The molecule has 0 atom stereocenters. The first kappa shape index (κ1) is 23.6. The third-order valence-electron chi connectivity index (χ3n) is 6.58. The predicted molar refractivity (Wildman–Crippen MR) is 137 cm³/mol. The van der Waals surface area contributed by atoms with E-state index < -0.39 is 5.60 Å². The molecule has 33 heavy (non-hydrogen) atoms. The van der Waals surface area contributed by atoms with Crippen molar-refractivity contribution in [3.05, 3.63) is 46.2 Å². The topological polar surface area (TPSA) is 71.2 Å². The summed E-state index contributed by atoms with van der Waals surface area (Å²) in [6, 6.07) is 11.3. The van der Waals surface area contributed by atoms with Gasteiger partial charge in [0, 0.05) is 31.4 Å². The molecule has 178 valence electrons. The van der Waals surface area contributed by atoms with Crippen molar-refractivity contribution < 1.29 is 9.53 Å². The van der Waals surface area contributed by atoms with Gasteiger partial charge in [0.1, 0.15) is 11.4 Å². The normalized spacial score (nSPS) is 21.5. The number of hydrogen-bond donors (Lipinski definition) is 1. The standard InChI is InChI=1S/C26H36N4O2S/c1-26(2,3)32-25(31)29(4)20-10-12-21(13-11-20)30-15-5-7-18-17-19(9-14-22(18)30)28-24(27)23-8-6-16-33-23/h6,8-9,14,16-17,20-21H,5,7,10-13,15H2,1-4H3,(H2,27,28). The Kier molecular flexibility index (Phi) is 6.98. The van der Waals surface area contributed by atoms with Crippen LogP contribution in [0.3, 0.4) is 0 Å². The summed E-state index contributed by atoms with van der Waals surface area (Å²) < 4.78 is 5.56. The molecule has 2 N–H and O–H groups in total. The number of ether oxygens (including phenoxy) is 1. The van der Waals surface area contributed by atoms with Crippen LogP contribution in [-0.4, -0.2) is 48.1 Å². The molecule has 2 aromatic rings. The van der Waals surface area contributed by atoms with Crippen molar-refractivity contribution in [1.82, 2.24) is 4.90 Å². The zero-order valence-electron chi connectivity index (χ0n) is 20.2. The monoisotopic (exact) mass is 468 g/mol. The molecule has 0 unspecified atom stereocenters. The largest absolute Gasteiger partial charge is 0.444 e. The maximum atomic E-state index is 12.5. The summed E-state index contributed by atoms with van der Waals surface area (Å²) in [4.78, 5) is 22.5. The van der Waals surface area contributed by atoms with Crippen LogP contribution in [0, 0.1) is 0 Å². The molecular formula is C26H36N4O2S. The molecule has 1 fully saturated rings. The molecule has 1 aliphatic carbocycles. The van der Waals surface area contributed by atoms with Crippen molar-refractivity contribution >= 4 is 34.6 Å². The highest BCUT2D eigenvalue weighted by Gasteiger charge is 2.32. The Morgan fingerprint density at radius 3 is 2.64 bits per heavy atom. The van der Waals surface area contributed by atoms with E-state index in [2.05, 4.69) is 28.1 Å². The van der Waals surface area contributed by atoms with E-state index in [1.165, 1.54) is 11.3 Å². The van der Waals surface area contributed by atoms with Gasteiger partial charge in [-0.2, -0.15) is 0 Å². The summed E-state index contributed by atoms with van der Waals surface area (Å²) in [5, 5.41) is 2.02. The average molecular weight is 469 g/mol. The minimum absolute atomic E-state index is 0.218. The smallest absolute Gasteiger partial charge is 0.410 e. The quantitative estimate of drug-likeness (QED) is 0.460. The lowest BCUT2D eigenvalue weighted by molar-refractivity contribution is 0.0183. The summed E-state index contributed by atoms with van der Waals surface area (Å²) in [5.41, 5.74) is 9.35. The Morgan fingerprint density at radius 2 is 1.97 bits per heavy atom. The van der Waals surface area contributed by atoms with E-state index in [0.717, 1.165) is 55.6 Å². The van der Waals surface area contributed by atoms with Gasteiger partial charge in [0.2, 0.25) is 0 Å². The lowest BCUT2D eigenvalue weighted by Gasteiger charge is -2.43. The lowest BCUT2D eigenvalue weighted by Crippen LogP contribution is -2.47. The van der Waals surface area contributed by atoms with Crippen LogP contribution in [0.1, 0.15) is 63.3 Å². The molecule has 0 spiro atoms. The molecule has 1 amide bonds. The van der Waals surface area contributed by atoms with Gasteiger partial charge in [0.25, 0.3) is 0 Å². The first-order valence-electron chi connectivity index (χ1n) is 11.9. The predicted octanol–water partition coefficient (Wildman–Crippen LogP) is 5.72. The third kappa shape index (κ3) is 5.69. The van der Waals surface area contributed by atoms with Gasteiger partial charge in [-0.05, 0) is 94.5 Å². The van der Waals surface area contributed by atoms with Gasteiger partial charge < -0.3 is 20.3 Å². The van der Waals surface area contributed by atoms with Gasteiger partial charge in [-0.1, -0.05) is 6.07 Å². The van der Waals surface area contributed by atoms with Crippen LogP contribution >= 0.6 is 11.3 Å². The number of nitrogens with zero attached hydrogens (tertiary/aromatic N) is 3. The second-order valence-corrected chi connectivity index (χ2v) is 11.1. The number of rotatable bonds is 4. The second-order valence-electron chi connectivity index (χ2n) is 10.1. The van der Waals surface area contributed by atoms with Crippen LogP contribution in [0.25, 0.3) is 0 Å². The van der Waals surface area contributed by atoms with Crippen molar-refractivity contribution in [2.24, 2.45) is 10.7 Å². The fourth-order valence-corrected chi connectivity index (χ4v) is 5.55. The number of benzene rings is 1. The van der Waals surface area contributed by atoms with Gasteiger partial charge >= 0.3 is 6.09 Å². The molecule has 0 radical (unpaired) electrons. The summed E-state index contributed by atoms with van der Waals surface area (Å²) in [7, 11) is 1.87. The first-order valence-corrected chi connectivity index (χ1v) is 12.8. The fraction of sp³-hybridized carbons (Fsp3) is 0.538. The number of amides is 1. The van der Waals surface area contributed by atoms with Gasteiger partial charge in [-0.15, -0.1) is 11.3 Å². The van der Waals surface area contributed by atoms with E-state index in [9.17, 15) is 4.79 Å². The van der Waals surface area contributed by atoms with E-state index >= 15 is 0 Å². The number of nitrogens with two attached hydrogens (primary N) is 1. The van der Waals surface area contributed by atoms with Gasteiger partial charge in [-0.25, -0.2) is 9.79 Å². The van der Waals surface area contributed by atoms with Crippen LogP contribution in [-0.2, 0) is 11.2 Å². The molecule has 1 aliphatic heterocycles. The van der Waals surface area contributed by atoms with E-state index in [0.29, 0.717) is 11.9 Å². The van der Waals surface area contributed by atoms with E-state index in [1.54, 1.807) is 16.2 Å². The van der Waals surface area contributed by atoms with E-state index in [-0.39, 0.29) is 12.1 Å². The summed E-state index contributed by atoms with van der Waals surface area (Å²) in [5.74, 6) is 0.574. The molecular weight excluding hydrogens is 432 g/mol. The van der Waals surface area contributed by atoms with Crippen molar-refractivity contribution in [1.29, 1.82) is 0 Å². The molecule has 6 nitrogen and oxygen atoms in total. The fourth-order valence-electron chi connectivity index (χ4n) is 4.92. The number of carbonyl (C=O) groups excluding carboxylic acids is 1. The molecule has 1 saturated carbocycles. The number of aryl methyl sites for hydroxylation is 1. The number of anilines is 1. The number of hydrogen-bond acceptors (Lipinski definition) is 5. The maximum absolute atomic E-state index is 12.5.